The van der Waals surface area contributed by atoms with Crippen molar-refractivity contribution < 1.29 is 54.9 Å². The first kappa shape index (κ1) is 29.9. The number of methoxy groups -OCH3 is 2. The Labute approximate surface area is 219 Å². The maximum Gasteiger partial charge on any atom is 0.432 e. The molecule has 2 unspecified atom stereocenters. The van der Waals surface area contributed by atoms with Crippen LogP contribution < -0.4 is 0 Å². The molecule has 2 aromatic carbocycles. The summed E-state index contributed by atoms with van der Waals surface area (Å²) in [5.74, 6) is -3.80. The van der Waals surface area contributed by atoms with Crippen molar-refractivity contribution >= 4 is 11.9 Å². The van der Waals surface area contributed by atoms with Crippen LogP contribution in [0.2, 0.25) is 0 Å². The molecule has 0 radical (unpaired) electrons. The second-order valence-electron chi connectivity index (χ2n) is 8.36. The zero-order chi connectivity index (χ0) is 28.9. The fourth-order valence-corrected chi connectivity index (χ4v) is 4.15. The number of benzene rings is 2. The summed E-state index contributed by atoms with van der Waals surface area (Å²) in [5.41, 5.74) is -8.30. The van der Waals surface area contributed by atoms with E-state index in [4.69, 9.17) is 18.9 Å². The lowest BCUT2D eigenvalue weighted by Gasteiger charge is -2.36. The van der Waals surface area contributed by atoms with Gasteiger partial charge in [0.05, 0.1) is 0 Å². The maximum atomic E-state index is 14.3. The summed E-state index contributed by atoms with van der Waals surface area (Å²) in [4.78, 5) is 26.3. The molecule has 0 fully saturated rings. The molecular formula is C27H24F6O6. The summed E-state index contributed by atoms with van der Waals surface area (Å²) in [6, 6.07) is 11.9. The van der Waals surface area contributed by atoms with E-state index in [2.05, 4.69) is 0 Å². The minimum Gasteiger partial charge on any atom is -0.455 e. The van der Waals surface area contributed by atoms with E-state index < -0.39 is 58.8 Å². The lowest BCUT2D eigenvalue weighted by atomic mass is 9.92. The molecule has 1 aliphatic rings. The highest BCUT2D eigenvalue weighted by Crippen LogP contribution is 2.45. The van der Waals surface area contributed by atoms with Gasteiger partial charge in [-0.2, -0.15) is 26.3 Å². The van der Waals surface area contributed by atoms with Crippen molar-refractivity contribution in [2.45, 2.75) is 42.2 Å². The summed E-state index contributed by atoms with van der Waals surface area (Å²) < 4.78 is 105. The highest BCUT2D eigenvalue weighted by Gasteiger charge is 2.66. The molecule has 39 heavy (non-hydrogen) atoms. The molecule has 0 bridgehead atoms. The largest absolute Gasteiger partial charge is 0.455 e. The molecule has 0 aliphatic heterocycles. The summed E-state index contributed by atoms with van der Waals surface area (Å²) in [6.45, 7) is 0. The molecule has 1 aliphatic carbocycles. The first-order chi connectivity index (χ1) is 18.3. The van der Waals surface area contributed by atoms with Crippen LogP contribution in [-0.2, 0) is 39.7 Å². The number of hydrogen-bond acceptors (Lipinski definition) is 6. The summed E-state index contributed by atoms with van der Waals surface area (Å²) in [5, 5.41) is 0. The van der Waals surface area contributed by atoms with Crippen LogP contribution >= 0.6 is 0 Å². The molecule has 2 aromatic rings. The van der Waals surface area contributed by atoms with Crippen molar-refractivity contribution in [2.75, 3.05) is 14.2 Å². The van der Waals surface area contributed by atoms with Crippen LogP contribution in [0.3, 0.4) is 0 Å². The Hall–Kier alpha value is -3.64. The molecule has 0 heterocycles. The number of alkyl halides is 6. The Morgan fingerprint density at radius 2 is 1.13 bits per heavy atom. The Morgan fingerprint density at radius 1 is 0.692 bits per heavy atom. The minimum absolute atomic E-state index is 0.291. The number of carbonyl (C=O) groups is 2. The van der Waals surface area contributed by atoms with Crippen molar-refractivity contribution in [3.05, 3.63) is 96.1 Å². The van der Waals surface area contributed by atoms with Gasteiger partial charge in [0.15, 0.2) is 6.10 Å². The molecule has 210 valence electrons. The van der Waals surface area contributed by atoms with E-state index in [1.165, 1.54) is 54.6 Å². The van der Waals surface area contributed by atoms with E-state index in [-0.39, 0.29) is 6.42 Å². The molecule has 12 heteroatoms. The van der Waals surface area contributed by atoms with Crippen LogP contribution in [0.4, 0.5) is 26.3 Å². The van der Waals surface area contributed by atoms with Gasteiger partial charge >= 0.3 is 24.3 Å². The van der Waals surface area contributed by atoms with E-state index in [9.17, 15) is 35.9 Å². The molecule has 0 N–H and O–H groups in total. The van der Waals surface area contributed by atoms with Crippen LogP contribution in [0, 0.1) is 0 Å². The van der Waals surface area contributed by atoms with Gasteiger partial charge in [0, 0.05) is 31.8 Å². The average molecular weight is 558 g/mol. The Kier molecular flexibility index (Phi) is 8.91. The number of rotatable bonds is 8. The van der Waals surface area contributed by atoms with E-state index in [1.54, 1.807) is 0 Å². The number of allylic oxidation sites excluding steroid dienone is 2. The summed E-state index contributed by atoms with van der Waals surface area (Å²) in [6.07, 6.45) is -9.06. The highest BCUT2D eigenvalue weighted by molar-refractivity contribution is 5.84. The zero-order valence-corrected chi connectivity index (χ0v) is 20.7. The third-order valence-electron chi connectivity index (χ3n) is 6.13. The highest BCUT2D eigenvalue weighted by atomic mass is 19.4. The van der Waals surface area contributed by atoms with Crippen LogP contribution in [0.15, 0.2) is 85.0 Å². The van der Waals surface area contributed by atoms with Crippen molar-refractivity contribution in [3.63, 3.8) is 0 Å². The molecule has 0 amide bonds. The van der Waals surface area contributed by atoms with Crippen LogP contribution in [0.25, 0.3) is 0 Å². The average Bonchev–Trinajstić information content (AvgIpc) is 3.10. The molecule has 0 spiro atoms. The van der Waals surface area contributed by atoms with Gasteiger partial charge in [-0.1, -0.05) is 78.9 Å². The summed E-state index contributed by atoms with van der Waals surface area (Å²) >= 11 is 0. The molecule has 6 nitrogen and oxygen atoms in total. The molecule has 0 saturated carbocycles. The van der Waals surface area contributed by atoms with Gasteiger partial charge in [-0.25, -0.2) is 9.59 Å². The van der Waals surface area contributed by atoms with Crippen molar-refractivity contribution in [3.8, 4) is 0 Å². The third-order valence-corrected chi connectivity index (χ3v) is 6.13. The summed E-state index contributed by atoms with van der Waals surface area (Å²) in [7, 11) is 1.34. The lowest BCUT2D eigenvalue weighted by Crippen LogP contribution is -2.55. The molecule has 4 atom stereocenters. The quantitative estimate of drug-likeness (QED) is 0.313. The van der Waals surface area contributed by atoms with Crippen LogP contribution in [-0.4, -0.2) is 50.7 Å². The second kappa shape index (κ2) is 11.6. The monoisotopic (exact) mass is 558 g/mol. The van der Waals surface area contributed by atoms with Gasteiger partial charge in [0.2, 0.25) is 0 Å². The first-order valence-electron chi connectivity index (χ1n) is 11.5. The smallest absolute Gasteiger partial charge is 0.432 e. The SMILES string of the molecule is COC(C(=O)O[C@H]1C=CC=CC[C@H]1OC(=O)C(OC)(c1ccccc1)C(F)(F)F)(c1ccccc1)C(F)(F)F. The van der Waals surface area contributed by atoms with Crippen LogP contribution in [0.1, 0.15) is 17.5 Å². The van der Waals surface area contributed by atoms with Gasteiger partial charge in [-0.05, 0) is 6.08 Å². The van der Waals surface area contributed by atoms with Gasteiger partial charge in [-0.3, -0.25) is 0 Å². The normalized spacial score (nSPS) is 20.8. The first-order valence-corrected chi connectivity index (χ1v) is 11.5. The molecular weight excluding hydrogens is 534 g/mol. The van der Waals surface area contributed by atoms with E-state index in [0.29, 0.717) is 14.2 Å². The Balaban J connectivity index is 1.99. The predicted molar refractivity (Wildman–Crippen MR) is 125 cm³/mol. The number of halogens is 6. The maximum absolute atomic E-state index is 14.3. The predicted octanol–water partition coefficient (Wildman–Crippen LogP) is 5.53. The number of ether oxygens (including phenoxy) is 4. The minimum atomic E-state index is -5.30. The van der Waals surface area contributed by atoms with Gasteiger partial charge in [-0.15, -0.1) is 0 Å². The molecule has 0 aromatic heterocycles. The van der Waals surface area contributed by atoms with E-state index >= 15 is 0 Å². The lowest BCUT2D eigenvalue weighted by molar-refractivity contribution is -0.284. The number of esters is 2. The van der Waals surface area contributed by atoms with Gasteiger partial charge < -0.3 is 18.9 Å². The molecule has 3 rings (SSSR count). The number of carbonyl (C=O) groups excluding carboxylic acids is 2. The third kappa shape index (κ3) is 5.57. The fraction of sp³-hybridized carbons (Fsp3) is 0.333. The van der Waals surface area contributed by atoms with Crippen molar-refractivity contribution in [1.82, 2.24) is 0 Å². The van der Waals surface area contributed by atoms with Crippen molar-refractivity contribution in [1.29, 1.82) is 0 Å². The van der Waals surface area contributed by atoms with Crippen LogP contribution in [0.5, 0.6) is 0 Å². The van der Waals surface area contributed by atoms with Gasteiger partial charge in [0.1, 0.15) is 6.10 Å². The van der Waals surface area contributed by atoms with Gasteiger partial charge in [0.25, 0.3) is 11.2 Å². The Morgan fingerprint density at radius 3 is 1.54 bits per heavy atom. The topological polar surface area (TPSA) is 71.1 Å². The number of hydrogen-bond donors (Lipinski definition) is 0. The zero-order valence-electron chi connectivity index (χ0n) is 20.7. The van der Waals surface area contributed by atoms with E-state index in [0.717, 1.165) is 30.3 Å². The standard InChI is InChI=1S/C27H24F6O6/c1-36-24(26(28,29)30,18-12-6-3-7-13-18)22(34)38-20-16-10-5-11-17-21(20)39-23(35)25(37-2,27(31,32)33)19-14-8-4-9-15-19/h3-16,20-21H,17H2,1-2H3/t20-,21+,24?,25?/m0/s1. The Bertz CT molecular complexity index is 1190. The second-order valence-corrected chi connectivity index (χ2v) is 8.36. The fourth-order valence-electron chi connectivity index (χ4n) is 4.15. The van der Waals surface area contributed by atoms with Crippen molar-refractivity contribution in [2.24, 2.45) is 0 Å². The molecule has 0 saturated heterocycles. The van der Waals surface area contributed by atoms with E-state index in [1.807, 2.05) is 0 Å².